The lowest BCUT2D eigenvalue weighted by atomic mass is 10.1. The van der Waals surface area contributed by atoms with Crippen LogP contribution in [0.3, 0.4) is 0 Å². The third kappa shape index (κ3) is 4.83. The van der Waals surface area contributed by atoms with Crippen LogP contribution in [0.25, 0.3) is 0 Å². The summed E-state index contributed by atoms with van der Waals surface area (Å²) in [5, 5.41) is 5.45. The summed E-state index contributed by atoms with van der Waals surface area (Å²) in [6, 6.07) is 11.4. The SMILES string of the molecule is NC(=O)CC[C@H](N)C(=O)Nc1ccc(Oc2ccc3c(c2)CC(=O)N3)cc1. The molecule has 3 amide bonds. The molecular weight excluding hydrogens is 348 g/mol. The van der Waals surface area contributed by atoms with Gasteiger partial charge < -0.3 is 26.8 Å². The van der Waals surface area contributed by atoms with Crippen molar-refractivity contribution in [3.05, 3.63) is 48.0 Å². The monoisotopic (exact) mass is 368 g/mol. The maximum atomic E-state index is 12.0. The first-order chi connectivity index (χ1) is 12.9. The summed E-state index contributed by atoms with van der Waals surface area (Å²) in [5.41, 5.74) is 13.0. The maximum absolute atomic E-state index is 12.0. The molecule has 1 aliphatic rings. The van der Waals surface area contributed by atoms with Gasteiger partial charge in [0.15, 0.2) is 0 Å². The van der Waals surface area contributed by atoms with Crippen molar-refractivity contribution in [3.63, 3.8) is 0 Å². The van der Waals surface area contributed by atoms with E-state index in [2.05, 4.69) is 10.6 Å². The number of primary amides is 1. The van der Waals surface area contributed by atoms with Crippen LogP contribution in [0.5, 0.6) is 11.5 Å². The molecule has 8 heteroatoms. The van der Waals surface area contributed by atoms with E-state index in [9.17, 15) is 14.4 Å². The van der Waals surface area contributed by atoms with Gasteiger partial charge in [0.25, 0.3) is 0 Å². The van der Waals surface area contributed by atoms with Crippen LogP contribution in [-0.2, 0) is 20.8 Å². The van der Waals surface area contributed by atoms with Crippen molar-refractivity contribution in [3.8, 4) is 11.5 Å². The predicted molar refractivity (Wildman–Crippen MR) is 100 cm³/mol. The quantitative estimate of drug-likeness (QED) is 0.587. The summed E-state index contributed by atoms with van der Waals surface area (Å²) in [5.74, 6) is 0.294. The molecule has 1 heterocycles. The summed E-state index contributed by atoms with van der Waals surface area (Å²) in [7, 11) is 0. The van der Waals surface area contributed by atoms with Gasteiger partial charge in [-0.2, -0.15) is 0 Å². The van der Waals surface area contributed by atoms with Crippen LogP contribution >= 0.6 is 0 Å². The van der Waals surface area contributed by atoms with Gasteiger partial charge in [-0.05, 0) is 54.4 Å². The smallest absolute Gasteiger partial charge is 0.241 e. The van der Waals surface area contributed by atoms with Gasteiger partial charge >= 0.3 is 0 Å². The van der Waals surface area contributed by atoms with E-state index >= 15 is 0 Å². The molecule has 27 heavy (non-hydrogen) atoms. The van der Waals surface area contributed by atoms with Crippen molar-refractivity contribution in [1.29, 1.82) is 0 Å². The summed E-state index contributed by atoms with van der Waals surface area (Å²) < 4.78 is 5.78. The van der Waals surface area contributed by atoms with Gasteiger partial charge in [0, 0.05) is 17.8 Å². The van der Waals surface area contributed by atoms with Crippen molar-refractivity contribution in [2.24, 2.45) is 11.5 Å². The molecule has 0 aromatic heterocycles. The fraction of sp³-hybridized carbons (Fsp3) is 0.211. The standard InChI is InChI=1S/C19H20N4O4/c20-15(6-8-17(21)24)19(26)22-12-1-3-13(4-2-12)27-14-5-7-16-11(9-14)10-18(25)23-16/h1-5,7,9,15H,6,8,10,20H2,(H2,21,24)(H,22,26)(H,23,25)/t15-/m0/s1. The largest absolute Gasteiger partial charge is 0.457 e. The molecule has 1 aliphatic heterocycles. The normalized spacial score (nSPS) is 13.4. The zero-order valence-electron chi connectivity index (χ0n) is 14.5. The lowest BCUT2D eigenvalue weighted by Gasteiger charge is -2.12. The Bertz CT molecular complexity index is 880. The fourth-order valence-electron chi connectivity index (χ4n) is 2.68. The lowest BCUT2D eigenvalue weighted by Crippen LogP contribution is -2.36. The Hall–Kier alpha value is -3.39. The van der Waals surface area contributed by atoms with Gasteiger partial charge in [0.1, 0.15) is 11.5 Å². The lowest BCUT2D eigenvalue weighted by molar-refractivity contribution is -0.119. The Balaban J connectivity index is 1.57. The maximum Gasteiger partial charge on any atom is 0.241 e. The molecule has 2 aromatic carbocycles. The van der Waals surface area contributed by atoms with Crippen LogP contribution in [0.2, 0.25) is 0 Å². The van der Waals surface area contributed by atoms with Crippen LogP contribution in [0.15, 0.2) is 42.5 Å². The van der Waals surface area contributed by atoms with E-state index in [4.69, 9.17) is 16.2 Å². The number of fused-ring (bicyclic) bond motifs is 1. The minimum absolute atomic E-state index is 0.0312. The Kier molecular flexibility index (Phi) is 5.37. The van der Waals surface area contributed by atoms with Crippen molar-refractivity contribution in [2.45, 2.75) is 25.3 Å². The Labute approximate surface area is 155 Å². The first-order valence-corrected chi connectivity index (χ1v) is 8.46. The van der Waals surface area contributed by atoms with Gasteiger partial charge in [-0.1, -0.05) is 0 Å². The highest BCUT2D eigenvalue weighted by Crippen LogP contribution is 2.30. The molecule has 0 saturated carbocycles. The third-order valence-electron chi connectivity index (χ3n) is 4.10. The molecule has 0 fully saturated rings. The van der Waals surface area contributed by atoms with Gasteiger partial charge in [0.2, 0.25) is 17.7 Å². The van der Waals surface area contributed by atoms with Gasteiger partial charge in [-0.15, -0.1) is 0 Å². The zero-order valence-corrected chi connectivity index (χ0v) is 14.5. The molecule has 8 nitrogen and oxygen atoms in total. The summed E-state index contributed by atoms with van der Waals surface area (Å²) in [6.45, 7) is 0. The first kappa shape index (κ1) is 18.4. The fourth-order valence-corrected chi connectivity index (χ4v) is 2.68. The van der Waals surface area contributed by atoms with Gasteiger partial charge in [0.05, 0.1) is 12.5 Å². The highest BCUT2D eigenvalue weighted by atomic mass is 16.5. The molecule has 0 unspecified atom stereocenters. The molecule has 3 rings (SSSR count). The average molecular weight is 368 g/mol. The second-order valence-electron chi connectivity index (χ2n) is 6.27. The molecule has 0 spiro atoms. The summed E-state index contributed by atoms with van der Waals surface area (Å²) in [4.78, 5) is 34.1. The van der Waals surface area contributed by atoms with E-state index in [1.54, 1.807) is 36.4 Å². The van der Waals surface area contributed by atoms with E-state index in [0.717, 1.165) is 11.3 Å². The van der Waals surface area contributed by atoms with E-state index < -0.39 is 11.9 Å². The van der Waals surface area contributed by atoms with Crippen LogP contribution in [0, 0.1) is 0 Å². The number of amides is 3. The summed E-state index contributed by atoms with van der Waals surface area (Å²) >= 11 is 0. The number of benzene rings is 2. The number of ether oxygens (including phenoxy) is 1. The number of carbonyl (C=O) groups is 3. The number of rotatable bonds is 7. The van der Waals surface area contributed by atoms with Crippen LogP contribution in [0.4, 0.5) is 11.4 Å². The van der Waals surface area contributed by atoms with Crippen molar-refractivity contribution in [2.75, 3.05) is 10.6 Å². The van der Waals surface area contributed by atoms with Crippen LogP contribution in [0.1, 0.15) is 18.4 Å². The molecular formula is C19H20N4O4. The summed E-state index contributed by atoms with van der Waals surface area (Å²) in [6.07, 6.45) is 0.592. The Morgan fingerprint density at radius 1 is 1.15 bits per heavy atom. The van der Waals surface area contributed by atoms with Gasteiger partial charge in [-0.25, -0.2) is 0 Å². The molecule has 0 aliphatic carbocycles. The average Bonchev–Trinajstić information content (AvgIpc) is 3.00. The highest BCUT2D eigenvalue weighted by Gasteiger charge is 2.18. The Morgan fingerprint density at radius 3 is 2.56 bits per heavy atom. The van der Waals surface area contributed by atoms with Crippen molar-refractivity contribution >= 4 is 29.1 Å². The van der Waals surface area contributed by atoms with Crippen molar-refractivity contribution in [1.82, 2.24) is 0 Å². The van der Waals surface area contributed by atoms with E-state index in [0.29, 0.717) is 23.6 Å². The van der Waals surface area contributed by atoms with E-state index in [1.165, 1.54) is 0 Å². The number of nitrogens with two attached hydrogens (primary N) is 2. The molecule has 0 saturated heterocycles. The van der Waals surface area contributed by atoms with Crippen LogP contribution in [-0.4, -0.2) is 23.8 Å². The number of hydrogen-bond donors (Lipinski definition) is 4. The molecule has 6 N–H and O–H groups in total. The number of carbonyl (C=O) groups excluding carboxylic acids is 3. The molecule has 140 valence electrons. The molecule has 0 radical (unpaired) electrons. The minimum atomic E-state index is -0.809. The number of nitrogens with one attached hydrogen (secondary N) is 2. The van der Waals surface area contributed by atoms with E-state index in [-0.39, 0.29) is 24.7 Å². The second-order valence-corrected chi connectivity index (χ2v) is 6.27. The van der Waals surface area contributed by atoms with Gasteiger partial charge in [-0.3, -0.25) is 14.4 Å². The second kappa shape index (κ2) is 7.88. The Morgan fingerprint density at radius 2 is 1.85 bits per heavy atom. The molecule has 0 bridgehead atoms. The highest BCUT2D eigenvalue weighted by molar-refractivity contribution is 5.99. The third-order valence-corrected chi connectivity index (χ3v) is 4.10. The van der Waals surface area contributed by atoms with E-state index in [1.807, 2.05) is 6.07 Å². The molecule has 2 aromatic rings. The zero-order chi connectivity index (χ0) is 19.4. The minimum Gasteiger partial charge on any atom is -0.457 e. The molecule has 1 atom stereocenters. The number of anilines is 2. The van der Waals surface area contributed by atoms with Crippen molar-refractivity contribution < 1.29 is 19.1 Å². The first-order valence-electron chi connectivity index (χ1n) is 8.46. The van der Waals surface area contributed by atoms with Crippen LogP contribution < -0.4 is 26.8 Å². The number of hydrogen-bond acceptors (Lipinski definition) is 5. The predicted octanol–water partition coefficient (Wildman–Crippen LogP) is 1.50. The topological polar surface area (TPSA) is 137 Å².